The normalized spacial score (nSPS) is 12.1. The molecule has 0 saturated heterocycles. The Morgan fingerprint density at radius 1 is 0.651 bits per heavy atom. The van der Waals surface area contributed by atoms with Gasteiger partial charge >= 0.3 is 0 Å². The Balaban J connectivity index is 1.31. The number of fused-ring (bicyclic) bond motifs is 3. The average molecular weight is 555 g/mol. The quantitative estimate of drug-likeness (QED) is 0.206. The van der Waals surface area contributed by atoms with Gasteiger partial charge in [0.25, 0.3) is 0 Å². The Morgan fingerprint density at radius 2 is 1.28 bits per heavy atom. The van der Waals surface area contributed by atoms with Crippen molar-refractivity contribution in [1.82, 2.24) is 15.0 Å². The van der Waals surface area contributed by atoms with E-state index in [0.717, 1.165) is 60.3 Å². The van der Waals surface area contributed by atoms with Crippen LogP contribution < -0.4 is 10.4 Å². The Morgan fingerprint density at radius 3 is 1.95 bits per heavy atom. The highest BCUT2D eigenvalue weighted by molar-refractivity contribution is 6.09. The zero-order chi connectivity index (χ0) is 29.2. The van der Waals surface area contributed by atoms with Crippen molar-refractivity contribution in [2.24, 2.45) is 4.99 Å². The zero-order valence-electron chi connectivity index (χ0n) is 23.5. The highest BCUT2D eigenvalue weighted by Gasteiger charge is 2.15. The smallest absolute Gasteiger partial charge is 0.164 e. The first-order chi connectivity index (χ1) is 21.2. The Labute approximate surface area is 248 Å². The number of rotatable bonds is 5. The van der Waals surface area contributed by atoms with Gasteiger partial charge in [0.2, 0.25) is 0 Å². The van der Waals surface area contributed by atoms with Gasteiger partial charge in [0.05, 0.1) is 0 Å². The van der Waals surface area contributed by atoms with Crippen molar-refractivity contribution < 1.29 is 4.42 Å². The van der Waals surface area contributed by atoms with Gasteiger partial charge in [0.15, 0.2) is 17.5 Å². The number of benzene rings is 5. The number of hydrogen-bond acceptors (Lipinski definition) is 5. The molecular weight excluding hydrogens is 528 g/mol. The largest absolute Gasteiger partial charge is 0.456 e. The SMILES string of the molecule is C=C=c1cccc/c1=C/N=C(C)c1ccc2c(c1)oc1ccc(-c3nc(-c4ccccc4)nc(-c4ccccc4)n3)cc12. The van der Waals surface area contributed by atoms with E-state index in [9.17, 15) is 0 Å². The molecule has 204 valence electrons. The summed E-state index contributed by atoms with van der Waals surface area (Å²) in [5.41, 5.74) is 9.19. The molecule has 0 saturated carbocycles. The second kappa shape index (κ2) is 11.2. The van der Waals surface area contributed by atoms with Crippen LogP contribution in [0, 0.1) is 0 Å². The predicted molar refractivity (Wildman–Crippen MR) is 175 cm³/mol. The van der Waals surface area contributed by atoms with Crippen LogP contribution >= 0.6 is 0 Å². The van der Waals surface area contributed by atoms with Crippen molar-refractivity contribution in [2.45, 2.75) is 6.92 Å². The molecule has 2 heterocycles. The van der Waals surface area contributed by atoms with Gasteiger partial charge in [0, 0.05) is 49.8 Å². The highest BCUT2D eigenvalue weighted by Crippen LogP contribution is 2.33. The molecule has 0 amide bonds. The summed E-state index contributed by atoms with van der Waals surface area (Å²) in [6.07, 6.45) is 1.85. The summed E-state index contributed by atoms with van der Waals surface area (Å²) in [6.45, 7) is 5.77. The molecule has 0 unspecified atom stereocenters. The number of aliphatic imine (C=N–C) groups is 1. The molecule has 0 aliphatic heterocycles. The molecule has 0 N–H and O–H groups in total. The molecule has 0 aliphatic carbocycles. The Hall–Kier alpha value is -5.90. The third kappa shape index (κ3) is 5.17. The molecule has 0 radical (unpaired) electrons. The molecule has 0 aliphatic rings. The molecular formula is C38H26N4O. The number of furan rings is 1. The van der Waals surface area contributed by atoms with Gasteiger partial charge in [-0.1, -0.05) is 91.5 Å². The Kier molecular flexibility index (Phi) is 6.76. The van der Waals surface area contributed by atoms with E-state index < -0.39 is 0 Å². The monoisotopic (exact) mass is 554 g/mol. The van der Waals surface area contributed by atoms with Gasteiger partial charge < -0.3 is 4.42 Å². The zero-order valence-corrected chi connectivity index (χ0v) is 23.5. The third-order valence-corrected chi connectivity index (χ3v) is 7.40. The van der Waals surface area contributed by atoms with Crippen LogP contribution in [0.2, 0.25) is 0 Å². The van der Waals surface area contributed by atoms with E-state index in [1.54, 1.807) is 0 Å². The molecule has 0 spiro atoms. The van der Waals surface area contributed by atoms with Crippen LogP contribution in [-0.2, 0) is 0 Å². The molecule has 0 fully saturated rings. The van der Waals surface area contributed by atoms with Gasteiger partial charge in [-0.15, -0.1) is 5.73 Å². The third-order valence-electron chi connectivity index (χ3n) is 7.40. The molecule has 5 nitrogen and oxygen atoms in total. The molecule has 5 aromatic carbocycles. The highest BCUT2D eigenvalue weighted by atomic mass is 16.3. The summed E-state index contributed by atoms with van der Waals surface area (Å²) < 4.78 is 6.28. The number of hydrogen-bond donors (Lipinski definition) is 0. The maximum Gasteiger partial charge on any atom is 0.164 e. The summed E-state index contributed by atoms with van der Waals surface area (Å²) in [6, 6.07) is 40.2. The molecule has 0 atom stereocenters. The van der Waals surface area contributed by atoms with Crippen LogP contribution in [0.1, 0.15) is 12.5 Å². The fourth-order valence-electron chi connectivity index (χ4n) is 5.09. The second-order valence-corrected chi connectivity index (χ2v) is 10.2. The van der Waals surface area contributed by atoms with Gasteiger partial charge in [-0.2, -0.15) is 0 Å². The fraction of sp³-hybridized carbons (Fsp3) is 0.0263. The van der Waals surface area contributed by atoms with Gasteiger partial charge in [-0.05, 0) is 48.9 Å². The number of nitrogens with zero attached hydrogens (tertiary/aromatic N) is 4. The lowest BCUT2D eigenvalue weighted by Crippen LogP contribution is -2.22. The van der Waals surface area contributed by atoms with Gasteiger partial charge in [0.1, 0.15) is 11.2 Å². The van der Waals surface area contributed by atoms with Crippen molar-refractivity contribution in [3.63, 3.8) is 0 Å². The summed E-state index contributed by atoms with van der Waals surface area (Å²) in [5, 5.41) is 3.91. The van der Waals surface area contributed by atoms with Crippen molar-refractivity contribution in [1.29, 1.82) is 0 Å². The molecule has 2 aromatic heterocycles. The predicted octanol–water partition coefficient (Wildman–Crippen LogP) is 7.58. The topological polar surface area (TPSA) is 64.2 Å². The van der Waals surface area contributed by atoms with Crippen LogP contribution in [0.4, 0.5) is 0 Å². The van der Waals surface area contributed by atoms with Crippen molar-refractivity contribution >= 4 is 39.6 Å². The second-order valence-electron chi connectivity index (χ2n) is 10.2. The van der Waals surface area contributed by atoms with Crippen LogP contribution in [-0.4, -0.2) is 20.7 Å². The number of aromatic nitrogens is 3. The average Bonchev–Trinajstić information content (AvgIpc) is 3.45. The van der Waals surface area contributed by atoms with Crippen LogP contribution in [0.3, 0.4) is 0 Å². The lowest BCUT2D eigenvalue weighted by molar-refractivity contribution is 0.669. The molecule has 7 aromatic rings. The van der Waals surface area contributed by atoms with Crippen molar-refractivity contribution in [2.75, 3.05) is 0 Å². The van der Waals surface area contributed by atoms with E-state index in [-0.39, 0.29) is 0 Å². The first-order valence-electron chi connectivity index (χ1n) is 14.0. The minimum Gasteiger partial charge on any atom is -0.456 e. The molecule has 43 heavy (non-hydrogen) atoms. The van der Waals surface area contributed by atoms with Crippen LogP contribution in [0.15, 0.2) is 137 Å². The minimum absolute atomic E-state index is 0.608. The van der Waals surface area contributed by atoms with E-state index in [1.165, 1.54) is 0 Å². The van der Waals surface area contributed by atoms with E-state index in [4.69, 9.17) is 24.4 Å². The standard InChI is InChI=1S/C38H26N4O/c1-3-26-12-10-11-17-31(26)24-39-25(2)29-18-20-32-33-22-30(19-21-34(33)43-35(32)23-29)38-41-36(27-13-6-4-7-14-27)40-37(42-38)28-15-8-5-9-16-28/h4-24H,1H2,2H3/b31-24-,39-25?. The molecule has 0 bridgehead atoms. The lowest BCUT2D eigenvalue weighted by atomic mass is 10.1. The fourth-order valence-corrected chi connectivity index (χ4v) is 5.09. The van der Waals surface area contributed by atoms with E-state index in [2.05, 4.69) is 30.5 Å². The van der Waals surface area contributed by atoms with E-state index in [0.29, 0.717) is 17.5 Å². The summed E-state index contributed by atoms with van der Waals surface area (Å²) in [4.78, 5) is 19.3. The van der Waals surface area contributed by atoms with Crippen molar-refractivity contribution in [3.8, 4) is 34.2 Å². The summed E-state index contributed by atoms with van der Waals surface area (Å²) in [5.74, 6) is 1.87. The van der Waals surface area contributed by atoms with Crippen molar-refractivity contribution in [3.05, 3.63) is 144 Å². The maximum absolute atomic E-state index is 6.28. The first-order valence-corrected chi connectivity index (χ1v) is 14.0. The lowest BCUT2D eigenvalue weighted by Gasteiger charge is -2.08. The van der Waals surface area contributed by atoms with Crippen LogP contribution in [0.5, 0.6) is 0 Å². The maximum atomic E-state index is 6.28. The minimum atomic E-state index is 0.608. The van der Waals surface area contributed by atoms with E-state index >= 15 is 0 Å². The van der Waals surface area contributed by atoms with Crippen LogP contribution in [0.25, 0.3) is 68.0 Å². The van der Waals surface area contributed by atoms with E-state index in [1.807, 2.05) is 116 Å². The summed E-state index contributed by atoms with van der Waals surface area (Å²) in [7, 11) is 0. The van der Waals surface area contributed by atoms with Gasteiger partial charge in [-0.25, -0.2) is 15.0 Å². The molecule has 5 heteroatoms. The van der Waals surface area contributed by atoms with Gasteiger partial charge in [-0.3, -0.25) is 4.99 Å². The summed E-state index contributed by atoms with van der Waals surface area (Å²) >= 11 is 0. The molecule has 7 rings (SSSR count). The first kappa shape index (κ1) is 26.0. The Bertz CT molecular complexity index is 2240.